The minimum Gasteiger partial charge on any atom is -0.466 e. The van der Waals surface area contributed by atoms with Crippen molar-refractivity contribution in [2.24, 2.45) is 28.7 Å². The van der Waals surface area contributed by atoms with Crippen LogP contribution in [-0.4, -0.2) is 36.9 Å². The summed E-state index contributed by atoms with van der Waals surface area (Å²) in [5, 5.41) is 9.81. The third-order valence-corrected chi connectivity index (χ3v) is 4.98. The summed E-state index contributed by atoms with van der Waals surface area (Å²) in [5.74, 6) is 5.33. The van der Waals surface area contributed by atoms with Gasteiger partial charge in [-0.15, -0.1) is 0 Å². The number of ether oxygens (including phenoxy) is 1. The summed E-state index contributed by atoms with van der Waals surface area (Å²) in [5.41, 5.74) is 0. The van der Waals surface area contributed by atoms with Crippen molar-refractivity contribution in [2.45, 2.75) is 65.5 Å². The van der Waals surface area contributed by atoms with Crippen molar-refractivity contribution < 1.29 is 14.3 Å². The van der Waals surface area contributed by atoms with E-state index in [9.17, 15) is 9.59 Å². The molecule has 0 aromatic rings. The Hall–Kier alpha value is -1.79. The Balaban J connectivity index is 3.00. The molecular formula is C17H32N4O3. The summed E-state index contributed by atoms with van der Waals surface area (Å²) in [6.07, 6.45) is 4.75. The second kappa shape index (κ2) is 10.2. The fourth-order valence-corrected chi connectivity index (χ4v) is 3.86. The molecule has 0 aromatic heterocycles. The zero-order valence-electron chi connectivity index (χ0n) is 15.2. The topological polar surface area (TPSA) is 106 Å². The van der Waals surface area contributed by atoms with E-state index in [-0.39, 0.29) is 35.8 Å². The van der Waals surface area contributed by atoms with Crippen LogP contribution in [0.25, 0.3) is 0 Å². The van der Waals surface area contributed by atoms with Gasteiger partial charge in [0, 0.05) is 24.9 Å². The number of nitrogens with zero attached hydrogens (tertiary/aromatic N) is 1. The fraction of sp³-hybridized carbons (Fsp3) is 0.824. The molecule has 7 nitrogen and oxygen atoms in total. The minimum atomic E-state index is -0.164. The van der Waals surface area contributed by atoms with Gasteiger partial charge in [0.2, 0.25) is 5.91 Å². The summed E-state index contributed by atoms with van der Waals surface area (Å²) in [6, 6.07) is 0.0461. The fourth-order valence-electron chi connectivity index (χ4n) is 3.86. The SMILES string of the molecule is CCOC(=O)[C@@H]1C[C@@H]([C@@H](NC(C)=O)C(CC)CC)[C@H](NC=NN)C1. The van der Waals surface area contributed by atoms with E-state index >= 15 is 0 Å². The van der Waals surface area contributed by atoms with Crippen LogP contribution in [0.4, 0.5) is 0 Å². The smallest absolute Gasteiger partial charge is 0.309 e. The highest BCUT2D eigenvalue weighted by Gasteiger charge is 2.44. The first-order valence-electron chi connectivity index (χ1n) is 8.89. The highest BCUT2D eigenvalue weighted by molar-refractivity contribution is 5.74. The van der Waals surface area contributed by atoms with Crippen LogP contribution in [0, 0.1) is 17.8 Å². The molecule has 0 unspecified atom stereocenters. The molecule has 0 saturated heterocycles. The molecule has 0 heterocycles. The third kappa shape index (κ3) is 5.39. The largest absolute Gasteiger partial charge is 0.466 e. The number of carbonyl (C=O) groups is 2. The summed E-state index contributed by atoms with van der Waals surface area (Å²) in [7, 11) is 0. The lowest BCUT2D eigenvalue weighted by molar-refractivity contribution is -0.147. The number of amides is 1. The number of hydrogen-bond donors (Lipinski definition) is 3. The summed E-state index contributed by atoms with van der Waals surface area (Å²) >= 11 is 0. The van der Waals surface area contributed by atoms with Gasteiger partial charge in [-0.2, -0.15) is 5.10 Å². The molecule has 0 radical (unpaired) electrons. The number of hydrogen-bond acceptors (Lipinski definition) is 5. The number of esters is 1. The highest BCUT2D eigenvalue weighted by Crippen LogP contribution is 2.37. The van der Waals surface area contributed by atoms with Gasteiger partial charge in [-0.25, -0.2) is 0 Å². The second-order valence-corrected chi connectivity index (χ2v) is 6.44. The van der Waals surface area contributed by atoms with Crippen LogP contribution in [0.3, 0.4) is 0 Å². The average molecular weight is 340 g/mol. The molecule has 138 valence electrons. The Labute approximate surface area is 144 Å². The van der Waals surface area contributed by atoms with Gasteiger partial charge in [0.25, 0.3) is 0 Å². The van der Waals surface area contributed by atoms with E-state index in [1.54, 1.807) is 0 Å². The van der Waals surface area contributed by atoms with E-state index in [4.69, 9.17) is 10.6 Å². The number of carbonyl (C=O) groups excluding carboxylic acids is 2. The van der Waals surface area contributed by atoms with Crippen molar-refractivity contribution in [3.63, 3.8) is 0 Å². The van der Waals surface area contributed by atoms with Gasteiger partial charge in [-0.1, -0.05) is 26.7 Å². The lowest BCUT2D eigenvalue weighted by Gasteiger charge is -2.34. The van der Waals surface area contributed by atoms with Gasteiger partial charge in [0.1, 0.15) is 6.34 Å². The lowest BCUT2D eigenvalue weighted by atomic mass is 9.81. The lowest BCUT2D eigenvalue weighted by Crippen LogP contribution is -2.49. The predicted molar refractivity (Wildman–Crippen MR) is 94.1 cm³/mol. The Kier molecular flexibility index (Phi) is 8.57. The molecule has 1 amide bonds. The van der Waals surface area contributed by atoms with Crippen molar-refractivity contribution in [3.05, 3.63) is 0 Å². The van der Waals surface area contributed by atoms with E-state index in [1.165, 1.54) is 13.3 Å². The molecule has 1 saturated carbocycles. The molecule has 1 aliphatic carbocycles. The molecule has 0 bridgehead atoms. The van der Waals surface area contributed by atoms with E-state index in [1.807, 2.05) is 6.92 Å². The average Bonchev–Trinajstić information content (AvgIpc) is 2.97. The molecular weight excluding hydrogens is 308 g/mol. The van der Waals surface area contributed by atoms with Crippen LogP contribution >= 0.6 is 0 Å². The first kappa shape index (κ1) is 20.3. The maximum absolute atomic E-state index is 12.2. The van der Waals surface area contributed by atoms with Gasteiger partial charge >= 0.3 is 5.97 Å². The molecule has 1 fully saturated rings. The van der Waals surface area contributed by atoms with Crippen LogP contribution in [0.2, 0.25) is 0 Å². The van der Waals surface area contributed by atoms with Gasteiger partial charge in [-0.05, 0) is 25.7 Å². The maximum Gasteiger partial charge on any atom is 0.309 e. The van der Waals surface area contributed by atoms with Crippen LogP contribution in [0.15, 0.2) is 5.10 Å². The number of rotatable bonds is 9. The monoisotopic (exact) mass is 340 g/mol. The van der Waals surface area contributed by atoms with Gasteiger partial charge < -0.3 is 21.2 Å². The van der Waals surface area contributed by atoms with Gasteiger partial charge in [0.05, 0.1) is 12.5 Å². The number of nitrogens with two attached hydrogens (primary N) is 1. The Bertz CT molecular complexity index is 438. The summed E-state index contributed by atoms with van der Waals surface area (Å²) in [6.45, 7) is 7.99. The normalized spacial score (nSPS) is 25.0. The number of hydrazone groups is 1. The van der Waals surface area contributed by atoms with E-state index in [0.717, 1.165) is 12.8 Å². The van der Waals surface area contributed by atoms with Crippen LogP contribution in [0.1, 0.15) is 53.4 Å². The van der Waals surface area contributed by atoms with Gasteiger partial charge in [0.15, 0.2) is 0 Å². The number of nitrogens with one attached hydrogen (secondary N) is 2. The second-order valence-electron chi connectivity index (χ2n) is 6.44. The Morgan fingerprint density at radius 2 is 1.96 bits per heavy atom. The molecule has 1 rings (SSSR count). The minimum absolute atomic E-state index is 0.0144. The van der Waals surface area contributed by atoms with E-state index in [2.05, 4.69) is 29.6 Å². The zero-order valence-corrected chi connectivity index (χ0v) is 15.2. The quantitative estimate of drug-likeness (QED) is 0.193. The summed E-state index contributed by atoms with van der Waals surface area (Å²) in [4.78, 5) is 23.9. The Morgan fingerprint density at radius 3 is 2.46 bits per heavy atom. The molecule has 0 spiro atoms. The highest BCUT2D eigenvalue weighted by atomic mass is 16.5. The third-order valence-electron chi connectivity index (χ3n) is 4.98. The van der Waals surface area contributed by atoms with Crippen LogP contribution < -0.4 is 16.5 Å². The van der Waals surface area contributed by atoms with E-state index in [0.29, 0.717) is 25.4 Å². The van der Waals surface area contributed by atoms with Crippen molar-refractivity contribution in [1.82, 2.24) is 10.6 Å². The molecule has 4 N–H and O–H groups in total. The van der Waals surface area contributed by atoms with E-state index < -0.39 is 0 Å². The molecule has 0 aliphatic heterocycles. The molecule has 0 aromatic carbocycles. The first-order chi connectivity index (χ1) is 11.5. The molecule has 4 atom stereocenters. The summed E-state index contributed by atoms with van der Waals surface area (Å²) < 4.78 is 5.19. The Morgan fingerprint density at radius 1 is 1.29 bits per heavy atom. The standard InChI is InChI=1S/C17H32N4O3/c1-5-12(6-2)16(21-11(4)22)14-8-13(17(23)24-7-3)9-15(14)19-10-20-18/h10,12-16H,5-9,18H2,1-4H3,(H,19,20)(H,21,22)/t13-,14-,15-,16+/m1/s1. The predicted octanol–water partition coefficient (Wildman–Crippen LogP) is 1.38. The molecule has 24 heavy (non-hydrogen) atoms. The first-order valence-corrected chi connectivity index (χ1v) is 8.89. The van der Waals surface area contributed by atoms with Crippen molar-refractivity contribution in [3.8, 4) is 0 Å². The molecule has 1 aliphatic rings. The zero-order chi connectivity index (χ0) is 18.1. The van der Waals surface area contributed by atoms with Crippen LogP contribution in [-0.2, 0) is 14.3 Å². The van der Waals surface area contributed by atoms with Crippen molar-refractivity contribution in [1.29, 1.82) is 0 Å². The van der Waals surface area contributed by atoms with Crippen molar-refractivity contribution >= 4 is 18.2 Å². The maximum atomic E-state index is 12.2. The molecule has 7 heteroatoms. The van der Waals surface area contributed by atoms with Gasteiger partial charge in [-0.3, -0.25) is 9.59 Å². The van der Waals surface area contributed by atoms with Crippen molar-refractivity contribution in [2.75, 3.05) is 6.61 Å². The van der Waals surface area contributed by atoms with Crippen LogP contribution in [0.5, 0.6) is 0 Å².